The molecule has 1 aliphatic heterocycles. The van der Waals surface area contributed by atoms with E-state index < -0.39 is 12.3 Å². The van der Waals surface area contributed by atoms with Gasteiger partial charge in [-0.2, -0.15) is 0 Å². The molecule has 1 atom stereocenters. The molecule has 1 aliphatic rings. The third-order valence-corrected chi connectivity index (χ3v) is 2.77. The number of rotatable bonds is 4. The topological polar surface area (TPSA) is 55.8 Å². The molecule has 0 aliphatic carbocycles. The van der Waals surface area contributed by atoms with E-state index in [4.69, 9.17) is 14.6 Å². The van der Waals surface area contributed by atoms with Crippen LogP contribution in [0.4, 0.5) is 0 Å². The second kappa shape index (κ2) is 4.97. The van der Waals surface area contributed by atoms with E-state index in [9.17, 15) is 4.79 Å². The van der Waals surface area contributed by atoms with Crippen molar-refractivity contribution in [2.45, 2.75) is 33.5 Å². The maximum Gasteiger partial charge on any atom is 0.331 e. The molecule has 0 aromatic carbocycles. The minimum atomic E-state index is -0.983. The first-order valence-electron chi connectivity index (χ1n) is 5.52. The van der Waals surface area contributed by atoms with E-state index in [0.717, 1.165) is 0 Å². The second-order valence-electron chi connectivity index (χ2n) is 5.00. The highest BCUT2D eigenvalue weighted by Crippen LogP contribution is 2.30. The van der Waals surface area contributed by atoms with E-state index >= 15 is 0 Å². The molecule has 16 heavy (non-hydrogen) atoms. The fourth-order valence-electron chi connectivity index (χ4n) is 1.70. The lowest BCUT2D eigenvalue weighted by molar-refractivity contribution is -0.238. The molecule has 0 bridgehead atoms. The molecule has 0 spiro atoms. The van der Waals surface area contributed by atoms with Gasteiger partial charge in [0, 0.05) is 16.9 Å². The molecular weight excluding hydrogens is 208 g/mol. The van der Waals surface area contributed by atoms with Crippen molar-refractivity contribution in [2.24, 2.45) is 11.3 Å². The molecule has 0 saturated carbocycles. The van der Waals surface area contributed by atoms with Crippen LogP contribution >= 0.6 is 0 Å². The summed E-state index contributed by atoms with van der Waals surface area (Å²) < 4.78 is 11.1. The van der Waals surface area contributed by atoms with Gasteiger partial charge in [-0.15, -0.1) is 0 Å². The number of carboxylic acids is 1. The van der Waals surface area contributed by atoms with Crippen molar-refractivity contribution >= 4 is 5.97 Å². The number of hydrogen-bond acceptors (Lipinski definition) is 3. The maximum atomic E-state index is 10.9. The van der Waals surface area contributed by atoms with Gasteiger partial charge in [0.25, 0.3) is 0 Å². The normalized spacial score (nSPS) is 22.7. The lowest BCUT2D eigenvalue weighted by Crippen LogP contribution is -2.42. The van der Waals surface area contributed by atoms with Crippen LogP contribution in [-0.2, 0) is 14.3 Å². The third-order valence-electron chi connectivity index (χ3n) is 2.77. The minimum Gasteiger partial charge on any atom is -0.478 e. The lowest BCUT2D eigenvalue weighted by Gasteiger charge is -2.37. The van der Waals surface area contributed by atoms with Gasteiger partial charge in [0.15, 0.2) is 6.29 Å². The summed E-state index contributed by atoms with van der Waals surface area (Å²) in [6, 6.07) is 0. The van der Waals surface area contributed by atoms with Crippen molar-refractivity contribution in [1.29, 1.82) is 0 Å². The summed E-state index contributed by atoms with van der Waals surface area (Å²) >= 11 is 0. The van der Waals surface area contributed by atoms with E-state index in [1.54, 1.807) is 0 Å². The monoisotopic (exact) mass is 228 g/mol. The smallest absolute Gasteiger partial charge is 0.331 e. The van der Waals surface area contributed by atoms with Gasteiger partial charge in [0.1, 0.15) is 0 Å². The number of hydrogen-bond donors (Lipinski definition) is 1. The van der Waals surface area contributed by atoms with E-state index in [1.165, 1.54) is 0 Å². The first-order valence-corrected chi connectivity index (χ1v) is 5.52. The van der Waals surface area contributed by atoms with Crippen molar-refractivity contribution < 1.29 is 19.4 Å². The lowest BCUT2D eigenvalue weighted by atomic mass is 9.92. The third kappa shape index (κ3) is 3.06. The molecule has 0 aromatic heterocycles. The Morgan fingerprint density at radius 3 is 2.38 bits per heavy atom. The summed E-state index contributed by atoms with van der Waals surface area (Å²) in [6.07, 6.45) is 0.178. The SMILES string of the molecule is C=C(C(=O)O)C(CC)C1OCC(C)(C)CO1. The Morgan fingerprint density at radius 2 is 2.00 bits per heavy atom. The second-order valence-corrected chi connectivity index (χ2v) is 5.00. The predicted octanol–water partition coefficient (Wildman–Crippen LogP) is 2.05. The van der Waals surface area contributed by atoms with Crippen LogP contribution in [0, 0.1) is 11.3 Å². The van der Waals surface area contributed by atoms with Crippen LogP contribution in [0.3, 0.4) is 0 Å². The zero-order valence-corrected chi connectivity index (χ0v) is 10.2. The molecule has 1 fully saturated rings. The summed E-state index contributed by atoms with van der Waals surface area (Å²) in [5.74, 6) is -1.25. The first-order chi connectivity index (χ1) is 7.37. The Labute approximate surface area is 96.2 Å². The van der Waals surface area contributed by atoms with Gasteiger partial charge in [0.05, 0.1) is 13.2 Å². The summed E-state index contributed by atoms with van der Waals surface area (Å²) in [5, 5.41) is 8.91. The van der Waals surface area contributed by atoms with Crippen molar-refractivity contribution in [3.63, 3.8) is 0 Å². The van der Waals surface area contributed by atoms with Crippen molar-refractivity contribution in [2.75, 3.05) is 13.2 Å². The fourth-order valence-corrected chi connectivity index (χ4v) is 1.70. The Hall–Kier alpha value is -0.870. The molecule has 92 valence electrons. The number of aliphatic carboxylic acids is 1. The Bertz CT molecular complexity index is 273. The number of carbonyl (C=O) groups is 1. The van der Waals surface area contributed by atoms with Crippen LogP contribution < -0.4 is 0 Å². The predicted molar refractivity (Wildman–Crippen MR) is 60.0 cm³/mol. The van der Waals surface area contributed by atoms with Crippen LogP contribution in [0.25, 0.3) is 0 Å². The van der Waals surface area contributed by atoms with Crippen molar-refractivity contribution in [1.82, 2.24) is 0 Å². The summed E-state index contributed by atoms with van der Waals surface area (Å²) in [7, 11) is 0. The standard InChI is InChI=1S/C12H20O4/c1-5-9(8(2)10(13)14)11-15-6-12(3,4)7-16-11/h9,11H,2,5-7H2,1,3-4H3,(H,13,14). The Morgan fingerprint density at radius 1 is 1.50 bits per heavy atom. The average molecular weight is 228 g/mol. The average Bonchev–Trinajstić information content (AvgIpc) is 2.21. The molecule has 4 nitrogen and oxygen atoms in total. The Balaban J connectivity index is 2.63. The summed E-state index contributed by atoms with van der Waals surface area (Å²) in [5.41, 5.74) is 0.159. The van der Waals surface area contributed by atoms with Crippen molar-refractivity contribution in [3.8, 4) is 0 Å². The number of ether oxygens (including phenoxy) is 2. The van der Waals surface area contributed by atoms with Crippen LogP contribution in [-0.4, -0.2) is 30.6 Å². The highest BCUT2D eigenvalue weighted by Gasteiger charge is 2.34. The van der Waals surface area contributed by atoms with Crippen LogP contribution in [0.1, 0.15) is 27.2 Å². The zero-order valence-electron chi connectivity index (χ0n) is 10.2. The van der Waals surface area contributed by atoms with E-state index in [1.807, 2.05) is 6.92 Å². The molecule has 1 rings (SSSR count). The van der Waals surface area contributed by atoms with Crippen LogP contribution in [0.5, 0.6) is 0 Å². The molecule has 1 saturated heterocycles. The highest BCUT2D eigenvalue weighted by atomic mass is 16.7. The molecule has 0 amide bonds. The van der Waals surface area contributed by atoms with E-state index in [-0.39, 0.29) is 16.9 Å². The molecule has 0 radical (unpaired) electrons. The summed E-state index contributed by atoms with van der Waals surface area (Å²) in [6.45, 7) is 10.8. The molecule has 1 heterocycles. The van der Waals surface area contributed by atoms with Crippen molar-refractivity contribution in [3.05, 3.63) is 12.2 Å². The quantitative estimate of drug-likeness (QED) is 0.748. The van der Waals surface area contributed by atoms with E-state index in [0.29, 0.717) is 19.6 Å². The molecule has 4 heteroatoms. The van der Waals surface area contributed by atoms with Gasteiger partial charge in [-0.3, -0.25) is 0 Å². The van der Waals surface area contributed by atoms with Crippen LogP contribution in [0.2, 0.25) is 0 Å². The molecule has 1 unspecified atom stereocenters. The van der Waals surface area contributed by atoms with Gasteiger partial charge in [-0.1, -0.05) is 27.4 Å². The highest BCUT2D eigenvalue weighted by molar-refractivity contribution is 5.86. The largest absolute Gasteiger partial charge is 0.478 e. The van der Waals surface area contributed by atoms with Gasteiger partial charge in [-0.25, -0.2) is 4.79 Å². The van der Waals surface area contributed by atoms with Gasteiger partial charge in [-0.05, 0) is 6.42 Å². The first kappa shape index (κ1) is 13.2. The number of carboxylic acid groups (broad SMARTS) is 1. The molecule has 1 N–H and O–H groups in total. The minimum absolute atomic E-state index is 0.000646. The van der Waals surface area contributed by atoms with Gasteiger partial charge < -0.3 is 14.6 Å². The zero-order chi connectivity index (χ0) is 12.3. The van der Waals surface area contributed by atoms with E-state index in [2.05, 4.69) is 20.4 Å². The fraction of sp³-hybridized carbons (Fsp3) is 0.750. The summed E-state index contributed by atoms with van der Waals surface area (Å²) in [4.78, 5) is 10.9. The molecular formula is C12H20O4. The van der Waals surface area contributed by atoms with Crippen LogP contribution in [0.15, 0.2) is 12.2 Å². The van der Waals surface area contributed by atoms with Gasteiger partial charge >= 0.3 is 5.97 Å². The maximum absolute atomic E-state index is 10.9. The Kier molecular flexibility index (Phi) is 4.10. The molecule has 0 aromatic rings. The van der Waals surface area contributed by atoms with Gasteiger partial charge in [0.2, 0.25) is 0 Å².